The highest BCUT2D eigenvalue weighted by Crippen LogP contribution is 2.39. The molecule has 0 fully saturated rings. The zero-order valence-corrected chi connectivity index (χ0v) is 18.7. The highest BCUT2D eigenvalue weighted by Gasteiger charge is 2.26. The van der Waals surface area contributed by atoms with Crippen LogP contribution in [0.25, 0.3) is 6.08 Å². The molecular weight excluding hydrogens is 402 g/mol. The largest absolute Gasteiger partial charge is 0.507 e. The average molecular weight is 431 g/mol. The summed E-state index contributed by atoms with van der Waals surface area (Å²) in [4.78, 5) is 50.2. The van der Waals surface area contributed by atoms with Crippen LogP contribution in [0.15, 0.2) is 32.6 Å². The van der Waals surface area contributed by atoms with Crippen molar-refractivity contribution in [3.05, 3.63) is 66.4 Å². The smallest absolute Gasteiger partial charge is 0.333 e. The van der Waals surface area contributed by atoms with Crippen molar-refractivity contribution in [1.82, 2.24) is 14.5 Å². The number of benzene rings is 1. The SMILES string of the molecule is CC(C)(C)c1cc(C=CC(=O)OCCn2c(=O)[nH]c(=O)[nH]c2=O)cc(C(C)(C)C)c1O. The number of rotatable bonds is 5. The van der Waals surface area contributed by atoms with Crippen LogP contribution < -0.4 is 17.1 Å². The van der Waals surface area contributed by atoms with Gasteiger partial charge in [-0.25, -0.2) is 23.7 Å². The number of nitrogens with zero attached hydrogens (tertiary/aromatic N) is 1. The molecule has 0 aliphatic carbocycles. The number of ether oxygens (including phenoxy) is 1. The maximum Gasteiger partial charge on any atom is 0.333 e. The zero-order valence-electron chi connectivity index (χ0n) is 18.7. The van der Waals surface area contributed by atoms with Crippen LogP contribution in [-0.4, -0.2) is 32.2 Å². The van der Waals surface area contributed by atoms with Gasteiger partial charge >= 0.3 is 23.0 Å². The Morgan fingerprint density at radius 3 is 1.94 bits per heavy atom. The fourth-order valence-corrected chi connectivity index (χ4v) is 3.00. The van der Waals surface area contributed by atoms with E-state index in [1.807, 2.05) is 63.6 Å². The molecule has 3 N–H and O–H groups in total. The van der Waals surface area contributed by atoms with Gasteiger partial charge in [0, 0.05) is 17.2 Å². The molecule has 0 aliphatic heterocycles. The predicted molar refractivity (Wildman–Crippen MR) is 117 cm³/mol. The van der Waals surface area contributed by atoms with Gasteiger partial charge in [0.1, 0.15) is 12.4 Å². The van der Waals surface area contributed by atoms with Crippen LogP contribution in [0, 0.1) is 0 Å². The third kappa shape index (κ3) is 6.07. The molecule has 168 valence electrons. The minimum absolute atomic E-state index is 0.202. The fraction of sp³-hybridized carbons (Fsp3) is 0.455. The standard InChI is InChI=1S/C22H29N3O6/c1-21(2,3)14-11-13(12-15(17(14)27)22(4,5)6)7-8-16(26)31-10-9-25-19(29)23-18(28)24-20(25)30/h7-8,11-12,27H,9-10H2,1-6H3,(H2,23,24,28,29,30). The molecule has 0 radical (unpaired) electrons. The molecule has 0 saturated heterocycles. The quantitative estimate of drug-likeness (QED) is 0.488. The highest BCUT2D eigenvalue weighted by molar-refractivity contribution is 5.87. The molecule has 9 nitrogen and oxygen atoms in total. The van der Waals surface area contributed by atoms with Gasteiger partial charge in [-0.05, 0) is 34.6 Å². The van der Waals surface area contributed by atoms with E-state index in [0.29, 0.717) is 0 Å². The molecule has 0 bridgehead atoms. The molecule has 0 spiro atoms. The fourth-order valence-electron chi connectivity index (χ4n) is 3.00. The Bertz CT molecular complexity index is 1100. The Morgan fingerprint density at radius 1 is 1.00 bits per heavy atom. The Kier molecular flexibility index (Phi) is 6.78. The normalized spacial score (nSPS) is 12.3. The van der Waals surface area contributed by atoms with Crippen molar-refractivity contribution in [3.8, 4) is 5.75 Å². The van der Waals surface area contributed by atoms with Crippen LogP contribution in [0.5, 0.6) is 5.75 Å². The number of aromatic amines is 2. The Hall–Kier alpha value is -3.36. The first-order chi connectivity index (χ1) is 14.2. The van der Waals surface area contributed by atoms with E-state index in [-0.39, 0.29) is 29.7 Å². The number of aromatic nitrogens is 3. The lowest BCUT2D eigenvalue weighted by atomic mass is 9.78. The molecule has 0 atom stereocenters. The van der Waals surface area contributed by atoms with Crippen molar-refractivity contribution in [2.45, 2.75) is 58.9 Å². The van der Waals surface area contributed by atoms with Gasteiger partial charge < -0.3 is 9.84 Å². The number of carbonyl (C=O) groups is 1. The molecule has 0 unspecified atom stereocenters. The molecule has 1 aromatic heterocycles. The number of hydrogen-bond acceptors (Lipinski definition) is 6. The van der Waals surface area contributed by atoms with E-state index in [1.54, 1.807) is 6.08 Å². The van der Waals surface area contributed by atoms with Crippen LogP contribution in [0.4, 0.5) is 0 Å². The van der Waals surface area contributed by atoms with Crippen LogP contribution in [0.3, 0.4) is 0 Å². The van der Waals surface area contributed by atoms with Gasteiger partial charge in [0.2, 0.25) is 0 Å². The number of aromatic hydroxyl groups is 1. The van der Waals surface area contributed by atoms with Crippen LogP contribution in [0.1, 0.15) is 58.2 Å². The Labute approximate surface area is 179 Å². The third-order valence-electron chi connectivity index (χ3n) is 4.65. The first-order valence-corrected chi connectivity index (χ1v) is 9.86. The maximum absolute atomic E-state index is 12.1. The van der Waals surface area contributed by atoms with Crippen molar-refractivity contribution >= 4 is 12.0 Å². The predicted octanol–water partition coefficient (Wildman–Crippen LogP) is 1.78. The van der Waals surface area contributed by atoms with E-state index in [9.17, 15) is 24.3 Å². The summed E-state index contributed by atoms with van der Waals surface area (Å²) in [6, 6.07) is 3.65. The molecule has 31 heavy (non-hydrogen) atoms. The van der Waals surface area contributed by atoms with Gasteiger partial charge in [0.05, 0.1) is 6.54 Å². The molecule has 1 aromatic carbocycles. The van der Waals surface area contributed by atoms with E-state index >= 15 is 0 Å². The van der Waals surface area contributed by atoms with E-state index in [1.165, 1.54) is 6.08 Å². The molecule has 0 saturated carbocycles. The molecule has 2 rings (SSSR count). The summed E-state index contributed by atoms with van der Waals surface area (Å²) < 4.78 is 5.77. The van der Waals surface area contributed by atoms with Gasteiger partial charge in [-0.3, -0.25) is 9.97 Å². The van der Waals surface area contributed by atoms with Crippen molar-refractivity contribution in [2.24, 2.45) is 0 Å². The van der Waals surface area contributed by atoms with Crippen molar-refractivity contribution in [1.29, 1.82) is 0 Å². The lowest BCUT2D eigenvalue weighted by Gasteiger charge is -2.27. The topological polar surface area (TPSA) is 134 Å². The number of carbonyl (C=O) groups excluding carboxylic acids is 1. The molecule has 9 heteroatoms. The first-order valence-electron chi connectivity index (χ1n) is 9.86. The molecule has 0 aliphatic rings. The van der Waals surface area contributed by atoms with Gasteiger partial charge in [-0.15, -0.1) is 0 Å². The summed E-state index contributed by atoms with van der Waals surface area (Å²) >= 11 is 0. The molecular formula is C22H29N3O6. The second-order valence-electron chi connectivity index (χ2n) is 9.31. The Morgan fingerprint density at radius 2 is 1.48 bits per heavy atom. The zero-order chi connectivity index (χ0) is 23.6. The summed E-state index contributed by atoms with van der Waals surface area (Å²) in [6.45, 7) is 11.6. The molecule has 0 amide bonds. The second kappa shape index (κ2) is 8.79. The number of H-pyrrole nitrogens is 2. The van der Waals surface area contributed by atoms with E-state index < -0.39 is 23.0 Å². The van der Waals surface area contributed by atoms with Gasteiger partial charge in [0.25, 0.3) is 0 Å². The van der Waals surface area contributed by atoms with Crippen LogP contribution >= 0.6 is 0 Å². The second-order valence-corrected chi connectivity index (χ2v) is 9.31. The average Bonchev–Trinajstić information content (AvgIpc) is 2.61. The lowest BCUT2D eigenvalue weighted by molar-refractivity contribution is -0.138. The van der Waals surface area contributed by atoms with Crippen molar-refractivity contribution in [3.63, 3.8) is 0 Å². The summed E-state index contributed by atoms with van der Waals surface area (Å²) in [7, 11) is 0. The summed E-state index contributed by atoms with van der Waals surface area (Å²) in [5.74, 6) is -0.409. The number of phenols is 1. The maximum atomic E-state index is 12.1. The first kappa shape index (κ1) is 23.9. The summed E-state index contributed by atoms with van der Waals surface area (Å²) in [6.07, 6.45) is 2.83. The molecule has 1 heterocycles. The highest BCUT2D eigenvalue weighted by atomic mass is 16.5. The van der Waals surface area contributed by atoms with Crippen LogP contribution in [0.2, 0.25) is 0 Å². The van der Waals surface area contributed by atoms with Crippen molar-refractivity contribution in [2.75, 3.05) is 6.61 Å². The summed E-state index contributed by atoms with van der Waals surface area (Å²) in [5, 5.41) is 10.8. The van der Waals surface area contributed by atoms with Crippen molar-refractivity contribution < 1.29 is 14.6 Å². The lowest BCUT2D eigenvalue weighted by Crippen LogP contribution is -2.43. The number of hydrogen-bond donors (Lipinski definition) is 3. The third-order valence-corrected chi connectivity index (χ3v) is 4.65. The minimum Gasteiger partial charge on any atom is -0.507 e. The van der Waals surface area contributed by atoms with Crippen LogP contribution in [-0.2, 0) is 26.9 Å². The van der Waals surface area contributed by atoms with Gasteiger partial charge in [-0.1, -0.05) is 41.5 Å². The minimum atomic E-state index is -0.899. The molecule has 2 aromatic rings. The number of nitrogens with one attached hydrogen (secondary N) is 2. The summed E-state index contributed by atoms with van der Waals surface area (Å²) in [5.41, 5.74) is -0.990. The van der Waals surface area contributed by atoms with Gasteiger partial charge in [0.15, 0.2) is 0 Å². The van der Waals surface area contributed by atoms with E-state index in [0.717, 1.165) is 21.3 Å². The number of esters is 1. The van der Waals surface area contributed by atoms with Gasteiger partial charge in [-0.2, -0.15) is 0 Å². The van der Waals surface area contributed by atoms with E-state index in [2.05, 4.69) is 0 Å². The Balaban J connectivity index is 2.18. The van der Waals surface area contributed by atoms with E-state index in [4.69, 9.17) is 4.74 Å². The number of phenolic OH excluding ortho intramolecular Hbond substituents is 1. The monoisotopic (exact) mass is 431 g/mol.